The van der Waals surface area contributed by atoms with Crippen LogP contribution in [0.2, 0.25) is 0 Å². The molecule has 2 aliphatic rings. The Morgan fingerprint density at radius 3 is 2.43 bits per heavy atom. The minimum absolute atomic E-state index is 0.0155. The highest BCUT2D eigenvalue weighted by Crippen LogP contribution is 2.40. The number of amides is 1. The molecule has 2 aromatic carbocycles. The second kappa shape index (κ2) is 7.43. The van der Waals surface area contributed by atoms with Gasteiger partial charge in [-0.2, -0.15) is 0 Å². The second-order valence-corrected chi connectivity index (χ2v) is 7.24. The monoisotopic (exact) mass is 375 g/mol. The van der Waals surface area contributed by atoms with Gasteiger partial charge >= 0.3 is 5.97 Å². The van der Waals surface area contributed by atoms with Gasteiger partial charge in [-0.15, -0.1) is 0 Å². The third-order valence-electron chi connectivity index (χ3n) is 5.29. The summed E-state index contributed by atoms with van der Waals surface area (Å²) in [6, 6.07) is 15.5. The Labute approximate surface area is 163 Å². The van der Waals surface area contributed by atoms with Crippen molar-refractivity contribution in [2.24, 2.45) is 0 Å². The van der Waals surface area contributed by atoms with Gasteiger partial charge in [-0.25, -0.2) is 4.79 Å². The number of ether oxygens (including phenoxy) is 1. The predicted octanol–water partition coefficient (Wildman–Crippen LogP) is 3.44. The number of Topliss-reactive ketones (excluding diaryl/α,β-unsaturated/α-hetero) is 1. The van der Waals surface area contributed by atoms with Crippen LogP contribution < -0.4 is 5.32 Å². The van der Waals surface area contributed by atoms with Crippen molar-refractivity contribution in [1.82, 2.24) is 5.32 Å². The zero-order valence-corrected chi connectivity index (χ0v) is 15.6. The van der Waals surface area contributed by atoms with Crippen LogP contribution in [0.15, 0.2) is 65.9 Å². The molecule has 0 aromatic heterocycles. The van der Waals surface area contributed by atoms with E-state index < -0.39 is 17.9 Å². The number of hydrogen-bond donors (Lipinski definition) is 1. The van der Waals surface area contributed by atoms with Gasteiger partial charge in [-0.3, -0.25) is 9.59 Å². The first kappa shape index (κ1) is 18.2. The number of allylic oxidation sites excluding steroid dienone is 1. The Kier molecular flexibility index (Phi) is 4.82. The molecule has 5 heteroatoms. The number of rotatable bonds is 3. The minimum Gasteiger partial charge on any atom is -0.429 e. The summed E-state index contributed by atoms with van der Waals surface area (Å²) >= 11 is 0. The quantitative estimate of drug-likeness (QED) is 0.834. The molecule has 0 saturated heterocycles. The van der Waals surface area contributed by atoms with Crippen LogP contribution in [0.5, 0.6) is 0 Å². The van der Waals surface area contributed by atoms with Crippen LogP contribution in [0, 0.1) is 6.92 Å². The van der Waals surface area contributed by atoms with Crippen LogP contribution in [0.25, 0.3) is 0 Å². The van der Waals surface area contributed by atoms with Crippen molar-refractivity contribution >= 4 is 17.7 Å². The minimum atomic E-state index is -0.948. The fourth-order valence-electron chi connectivity index (χ4n) is 3.86. The standard InChI is InChI=1S/C23H21NO4/c1-14-10-12-15(13-11-14)19-20-17(25)8-5-9-18(20)28-23(27)21(19)24-22(26)16-6-3-2-4-7-16/h2-4,6-7,10-13,19,21H,5,8-9H2,1H3,(H,24,26)/t19-,21-/m1/s1. The zero-order valence-electron chi connectivity index (χ0n) is 15.6. The Morgan fingerprint density at radius 2 is 1.71 bits per heavy atom. The summed E-state index contributed by atoms with van der Waals surface area (Å²) in [5, 5.41) is 2.80. The lowest BCUT2D eigenvalue weighted by Crippen LogP contribution is -2.50. The fourth-order valence-corrected chi connectivity index (χ4v) is 3.86. The molecule has 1 N–H and O–H groups in total. The molecule has 0 spiro atoms. The van der Waals surface area contributed by atoms with Crippen LogP contribution in [-0.2, 0) is 14.3 Å². The molecule has 1 heterocycles. The van der Waals surface area contributed by atoms with E-state index >= 15 is 0 Å². The van der Waals surface area contributed by atoms with Gasteiger partial charge in [0.05, 0.1) is 0 Å². The maximum atomic E-state index is 12.8. The van der Waals surface area contributed by atoms with E-state index in [-0.39, 0.29) is 11.7 Å². The maximum Gasteiger partial charge on any atom is 0.334 e. The van der Waals surface area contributed by atoms with Gasteiger partial charge in [0, 0.05) is 29.9 Å². The molecule has 0 fully saturated rings. The molecular formula is C23H21NO4. The third kappa shape index (κ3) is 3.36. The van der Waals surface area contributed by atoms with Crippen molar-refractivity contribution in [3.63, 3.8) is 0 Å². The summed E-state index contributed by atoms with van der Waals surface area (Å²) in [5.74, 6) is -0.997. The van der Waals surface area contributed by atoms with Gasteiger partial charge in [-0.1, -0.05) is 48.0 Å². The number of benzene rings is 2. The lowest BCUT2D eigenvalue weighted by atomic mass is 9.77. The number of carbonyl (C=O) groups excluding carboxylic acids is 3. The summed E-state index contributed by atoms with van der Waals surface area (Å²) < 4.78 is 5.49. The lowest BCUT2D eigenvalue weighted by Gasteiger charge is -2.36. The van der Waals surface area contributed by atoms with Gasteiger partial charge in [0.25, 0.3) is 5.91 Å². The fraction of sp³-hybridized carbons (Fsp3) is 0.261. The number of aryl methyl sites for hydroxylation is 1. The Hall–Kier alpha value is -3.21. The van der Waals surface area contributed by atoms with Crippen molar-refractivity contribution in [2.45, 2.75) is 38.1 Å². The van der Waals surface area contributed by atoms with Crippen LogP contribution in [0.4, 0.5) is 0 Å². The van der Waals surface area contributed by atoms with Gasteiger partial charge in [0.1, 0.15) is 11.8 Å². The van der Waals surface area contributed by atoms with Gasteiger partial charge in [0.15, 0.2) is 5.78 Å². The summed E-state index contributed by atoms with van der Waals surface area (Å²) in [6.07, 6.45) is 1.67. The van der Waals surface area contributed by atoms with E-state index in [1.165, 1.54) is 0 Å². The molecule has 2 aromatic rings. The molecule has 0 unspecified atom stereocenters. The Bertz CT molecular complexity index is 960. The molecule has 0 bridgehead atoms. The highest BCUT2D eigenvalue weighted by molar-refractivity contribution is 6.03. The topological polar surface area (TPSA) is 72.5 Å². The first-order chi connectivity index (χ1) is 13.5. The summed E-state index contributed by atoms with van der Waals surface area (Å²) in [5.41, 5.74) is 2.88. The maximum absolute atomic E-state index is 12.8. The molecule has 2 atom stereocenters. The number of nitrogens with one attached hydrogen (secondary N) is 1. The summed E-state index contributed by atoms with van der Waals surface area (Å²) in [4.78, 5) is 38.2. The third-order valence-corrected chi connectivity index (χ3v) is 5.29. The highest BCUT2D eigenvalue weighted by Gasteiger charge is 2.44. The molecular weight excluding hydrogens is 354 g/mol. The van der Waals surface area contributed by atoms with Gasteiger partial charge < -0.3 is 10.1 Å². The van der Waals surface area contributed by atoms with Crippen LogP contribution >= 0.6 is 0 Å². The van der Waals surface area contributed by atoms with E-state index in [4.69, 9.17) is 4.74 Å². The van der Waals surface area contributed by atoms with E-state index in [0.29, 0.717) is 36.2 Å². The largest absolute Gasteiger partial charge is 0.429 e. The van der Waals surface area contributed by atoms with Crippen LogP contribution in [-0.4, -0.2) is 23.7 Å². The number of esters is 1. The molecule has 5 nitrogen and oxygen atoms in total. The van der Waals surface area contributed by atoms with Gasteiger partial charge in [-0.05, 0) is 31.0 Å². The number of carbonyl (C=O) groups is 3. The molecule has 1 aliphatic carbocycles. The average Bonchev–Trinajstić information content (AvgIpc) is 2.70. The van der Waals surface area contributed by atoms with E-state index in [1.807, 2.05) is 37.3 Å². The van der Waals surface area contributed by atoms with E-state index in [0.717, 1.165) is 11.1 Å². The predicted molar refractivity (Wildman–Crippen MR) is 104 cm³/mol. The van der Waals surface area contributed by atoms with Crippen molar-refractivity contribution < 1.29 is 19.1 Å². The average molecular weight is 375 g/mol. The number of ketones is 1. The van der Waals surface area contributed by atoms with Crippen LogP contribution in [0.1, 0.15) is 46.7 Å². The summed E-state index contributed by atoms with van der Waals surface area (Å²) in [7, 11) is 0. The smallest absolute Gasteiger partial charge is 0.334 e. The number of hydrogen-bond acceptors (Lipinski definition) is 4. The van der Waals surface area contributed by atoms with E-state index in [9.17, 15) is 14.4 Å². The van der Waals surface area contributed by atoms with E-state index in [2.05, 4.69) is 5.32 Å². The van der Waals surface area contributed by atoms with Crippen molar-refractivity contribution in [3.8, 4) is 0 Å². The molecule has 28 heavy (non-hydrogen) atoms. The molecule has 0 saturated carbocycles. The van der Waals surface area contributed by atoms with Crippen molar-refractivity contribution in [1.29, 1.82) is 0 Å². The van der Waals surface area contributed by atoms with Crippen molar-refractivity contribution in [2.75, 3.05) is 0 Å². The Balaban J connectivity index is 1.75. The highest BCUT2D eigenvalue weighted by atomic mass is 16.5. The molecule has 142 valence electrons. The molecule has 4 rings (SSSR count). The van der Waals surface area contributed by atoms with Crippen molar-refractivity contribution in [3.05, 3.63) is 82.6 Å². The Morgan fingerprint density at radius 1 is 1.00 bits per heavy atom. The van der Waals surface area contributed by atoms with Gasteiger partial charge in [0.2, 0.25) is 0 Å². The SMILES string of the molecule is Cc1ccc([C@@H]2C3=C(CCCC3=O)OC(=O)[C@@H]2NC(=O)c2ccccc2)cc1. The van der Waals surface area contributed by atoms with E-state index in [1.54, 1.807) is 24.3 Å². The lowest BCUT2D eigenvalue weighted by molar-refractivity contribution is -0.144. The zero-order chi connectivity index (χ0) is 19.7. The molecule has 1 aliphatic heterocycles. The normalized spacial score (nSPS) is 21.8. The summed E-state index contributed by atoms with van der Waals surface area (Å²) in [6.45, 7) is 1.98. The molecule has 0 radical (unpaired) electrons. The van der Waals surface area contributed by atoms with Crippen LogP contribution in [0.3, 0.4) is 0 Å². The first-order valence-corrected chi connectivity index (χ1v) is 9.45. The first-order valence-electron chi connectivity index (χ1n) is 9.45. The molecule has 1 amide bonds. The second-order valence-electron chi connectivity index (χ2n) is 7.24.